The maximum absolute atomic E-state index is 12.1. The number of anilines is 2. The monoisotopic (exact) mass is 296 g/mol. The molecule has 0 radical (unpaired) electrons. The van der Waals surface area contributed by atoms with E-state index in [0.29, 0.717) is 18.2 Å². The number of nitrogens with zero attached hydrogens (tertiary/aromatic N) is 1. The molecule has 1 unspecified atom stereocenters. The van der Waals surface area contributed by atoms with Crippen LogP contribution in [0, 0.1) is 5.92 Å². The maximum atomic E-state index is 12.1. The number of morpholine rings is 1. The zero-order valence-electron chi connectivity index (χ0n) is 12.0. The molecule has 0 aliphatic carbocycles. The van der Waals surface area contributed by atoms with Gasteiger partial charge in [-0.3, -0.25) is 4.79 Å². The van der Waals surface area contributed by atoms with Crippen molar-refractivity contribution in [3.63, 3.8) is 0 Å². The van der Waals surface area contributed by atoms with Gasteiger partial charge in [0.25, 0.3) is 0 Å². The molecule has 1 aromatic rings. The van der Waals surface area contributed by atoms with Crippen LogP contribution in [0.25, 0.3) is 0 Å². The Labute approximate surface area is 125 Å². The van der Waals surface area contributed by atoms with Crippen molar-refractivity contribution in [1.29, 1.82) is 0 Å². The number of amides is 1. The van der Waals surface area contributed by atoms with E-state index in [1.807, 2.05) is 32.0 Å². The SMILES string of the molecule is CCC(C)C(=O)Nc1cc(Cl)ccc1N1CCOCC1. The summed E-state index contributed by atoms with van der Waals surface area (Å²) < 4.78 is 5.37. The first-order chi connectivity index (χ1) is 9.61. The lowest BCUT2D eigenvalue weighted by Gasteiger charge is -2.30. The van der Waals surface area contributed by atoms with E-state index in [4.69, 9.17) is 16.3 Å². The molecule has 5 heteroatoms. The number of benzene rings is 1. The Balaban J connectivity index is 2.21. The summed E-state index contributed by atoms with van der Waals surface area (Å²) in [5.41, 5.74) is 1.79. The number of carbonyl (C=O) groups is 1. The molecule has 1 saturated heterocycles. The van der Waals surface area contributed by atoms with Crippen LogP contribution in [0.1, 0.15) is 20.3 Å². The lowest BCUT2D eigenvalue weighted by molar-refractivity contribution is -0.119. The molecule has 1 aliphatic rings. The van der Waals surface area contributed by atoms with Crippen LogP contribution in [0.4, 0.5) is 11.4 Å². The van der Waals surface area contributed by atoms with E-state index in [2.05, 4.69) is 10.2 Å². The van der Waals surface area contributed by atoms with Gasteiger partial charge in [-0.2, -0.15) is 0 Å². The minimum atomic E-state index is -0.00785. The van der Waals surface area contributed by atoms with Crippen LogP contribution in [0.5, 0.6) is 0 Å². The molecule has 0 saturated carbocycles. The third kappa shape index (κ3) is 3.64. The zero-order chi connectivity index (χ0) is 14.5. The molecule has 110 valence electrons. The second-order valence-electron chi connectivity index (χ2n) is 5.06. The number of halogens is 1. The van der Waals surface area contributed by atoms with Crippen molar-refractivity contribution < 1.29 is 9.53 Å². The fourth-order valence-electron chi connectivity index (χ4n) is 2.13. The Morgan fingerprint density at radius 1 is 1.45 bits per heavy atom. The fraction of sp³-hybridized carbons (Fsp3) is 0.533. The van der Waals surface area contributed by atoms with Gasteiger partial charge in [-0.25, -0.2) is 0 Å². The minimum Gasteiger partial charge on any atom is -0.378 e. The average molecular weight is 297 g/mol. The van der Waals surface area contributed by atoms with Gasteiger partial charge in [0.2, 0.25) is 5.91 Å². The summed E-state index contributed by atoms with van der Waals surface area (Å²) in [5.74, 6) is 0.0239. The molecule has 1 aliphatic heterocycles. The highest BCUT2D eigenvalue weighted by Gasteiger charge is 2.18. The predicted molar refractivity (Wildman–Crippen MR) is 82.6 cm³/mol. The van der Waals surface area contributed by atoms with Crippen molar-refractivity contribution in [2.45, 2.75) is 20.3 Å². The second-order valence-corrected chi connectivity index (χ2v) is 5.50. The van der Waals surface area contributed by atoms with E-state index in [0.717, 1.165) is 30.9 Å². The van der Waals surface area contributed by atoms with Crippen molar-refractivity contribution >= 4 is 28.9 Å². The summed E-state index contributed by atoms with van der Waals surface area (Å²) in [6, 6.07) is 5.62. The molecule has 1 amide bonds. The highest BCUT2D eigenvalue weighted by Crippen LogP contribution is 2.30. The number of nitrogens with one attached hydrogen (secondary N) is 1. The highest BCUT2D eigenvalue weighted by molar-refractivity contribution is 6.31. The van der Waals surface area contributed by atoms with Crippen molar-refractivity contribution in [3.05, 3.63) is 23.2 Å². The third-order valence-corrected chi connectivity index (χ3v) is 3.86. The smallest absolute Gasteiger partial charge is 0.227 e. The predicted octanol–water partition coefficient (Wildman–Crippen LogP) is 3.16. The first-order valence-corrected chi connectivity index (χ1v) is 7.42. The molecule has 1 fully saturated rings. The van der Waals surface area contributed by atoms with Crippen LogP contribution < -0.4 is 10.2 Å². The fourth-order valence-corrected chi connectivity index (χ4v) is 2.30. The van der Waals surface area contributed by atoms with Gasteiger partial charge in [-0.05, 0) is 24.6 Å². The Bertz CT molecular complexity index is 473. The van der Waals surface area contributed by atoms with Crippen molar-refractivity contribution in [1.82, 2.24) is 0 Å². The van der Waals surface area contributed by atoms with Gasteiger partial charge in [-0.1, -0.05) is 25.4 Å². The number of hydrogen-bond donors (Lipinski definition) is 1. The molecule has 20 heavy (non-hydrogen) atoms. The largest absolute Gasteiger partial charge is 0.378 e. The summed E-state index contributed by atoms with van der Waals surface area (Å²) in [7, 11) is 0. The van der Waals surface area contributed by atoms with Crippen LogP contribution in [-0.2, 0) is 9.53 Å². The zero-order valence-corrected chi connectivity index (χ0v) is 12.7. The van der Waals surface area contributed by atoms with Gasteiger partial charge in [0.1, 0.15) is 0 Å². The number of ether oxygens (including phenoxy) is 1. The standard InChI is InChI=1S/C15H21ClN2O2/c1-3-11(2)15(19)17-13-10-12(16)4-5-14(13)18-6-8-20-9-7-18/h4-5,10-11H,3,6-9H2,1-2H3,(H,17,19). The lowest BCUT2D eigenvalue weighted by Crippen LogP contribution is -2.37. The normalized spacial score (nSPS) is 16.9. The Hall–Kier alpha value is -1.26. The van der Waals surface area contributed by atoms with Crippen LogP contribution in [-0.4, -0.2) is 32.2 Å². The van der Waals surface area contributed by atoms with Gasteiger partial charge in [0.05, 0.1) is 24.6 Å². The molecule has 1 heterocycles. The highest BCUT2D eigenvalue weighted by atomic mass is 35.5. The van der Waals surface area contributed by atoms with Crippen LogP contribution in [0.2, 0.25) is 5.02 Å². The quantitative estimate of drug-likeness (QED) is 0.928. The maximum Gasteiger partial charge on any atom is 0.227 e. The molecule has 2 rings (SSSR count). The van der Waals surface area contributed by atoms with Crippen molar-refractivity contribution in [2.24, 2.45) is 5.92 Å². The Morgan fingerprint density at radius 2 is 2.15 bits per heavy atom. The first kappa shape index (κ1) is 15.1. The third-order valence-electron chi connectivity index (χ3n) is 3.63. The molecule has 1 atom stereocenters. The summed E-state index contributed by atoms with van der Waals surface area (Å²) in [5, 5.41) is 3.62. The Morgan fingerprint density at radius 3 is 2.80 bits per heavy atom. The first-order valence-electron chi connectivity index (χ1n) is 7.05. The molecule has 4 nitrogen and oxygen atoms in total. The van der Waals surface area contributed by atoms with Crippen LogP contribution >= 0.6 is 11.6 Å². The van der Waals surface area contributed by atoms with Crippen molar-refractivity contribution in [2.75, 3.05) is 36.5 Å². The number of rotatable bonds is 4. The van der Waals surface area contributed by atoms with Crippen LogP contribution in [0.3, 0.4) is 0 Å². The molecular formula is C15H21ClN2O2. The molecule has 1 aromatic carbocycles. The summed E-state index contributed by atoms with van der Waals surface area (Å²) in [4.78, 5) is 14.3. The Kier molecular flexibility index (Phi) is 5.26. The van der Waals surface area contributed by atoms with Crippen molar-refractivity contribution in [3.8, 4) is 0 Å². The summed E-state index contributed by atoms with van der Waals surface area (Å²) in [6.07, 6.45) is 0.819. The summed E-state index contributed by atoms with van der Waals surface area (Å²) in [6.45, 7) is 7.00. The molecule has 1 N–H and O–H groups in total. The topological polar surface area (TPSA) is 41.6 Å². The molecule has 0 bridgehead atoms. The van der Waals surface area contributed by atoms with E-state index < -0.39 is 0 Å². The second kappa shape index (κ2) is 6.95. The van der Waals surface area contributed by atoms with Gasteiger partial charge in [0, 0.05) is 24.0 Å². The van der Waals surface area contributed by atoms with Crippen LogP contribution in [0.15, 0.2) is 18.2 Å². The summed E-state index contributed by atoms with van der Waals surface area (Å²) >= 11 is 6.06. The number of carbonyl (C=O) groups excluding carboxylic acids is 1. The van der Waals surface area contributed by atoms with E-state index in [9.17, 15) is 4.79 Å². The molecule has 0 spiro atoms. The van der Waals surface area contributed by atoms with E-state index in [1.165, 1.54) is 0 Å². The van der Waals surface area contributed by atoms with E-state index >= 15 is 0 Å². The van der Waals surface area contributed by atoms with Gasteiger partial charge < -0.3 is 15.0 Å². The molecule has 0 aromatic heterocycles. The van der Waals surface area contributed by atoms with Gasteiger partial charge in [0.15, 0.2) is 0 Å². The minimum absolute atomic E-state index is 0.00785. The van der Waals surface area contributed by atoms with Gasteiger partial charge >= 0.3 is 0 Å². The average Bonchev–Trinajstić information content (AvgIpc) is 2.47. The molecular weight excluding hydrogens is 276 g/mol. The van der Waals surface area contributed by atoms with Gasteiger partial charge in [-0.15, -0.1) is 0 Å². The lowest BCUT2D eigenvalue weighted by atomic mass is 10.1. The van der Waals surface area contributed by atoms with E-state index in [1.54, 1.807) is 0 Å². The number of hydrogen-bond acceptors (Lipinski definition) is 3. The van der Waals surface area contributed by atoms with E-state index in [-0.39, 0.29) is 11.8 Å².